The summed E-state index contributed by atoms with van der Waals surface area (Å²) in [6.45, 7) is 6.81. The SMILES string of the molecule is CNCc1cnc(CN2CCC(C)CC2)s1. The van der Waals surface area contributed by atoms with Crippen LogP contribution in [0, 0.1) is 5.92 Å². The fourth-order valence-electron chi connectivity index (χ4n) is 2.09. The second kappa shape index (κ2) is 5.75. The number of hydrogen-bond donors (Lipinski definition) is 1. The van der Waals surface area contributed by atoms with Crippen molar-refractivity contribution in [3.05, 3.63) is 16.1 Å². The second-order valence-electron chi connectivity index (χ2n) is 4.71. The van der Waals surface area contributed by atoms with Crippen molar-refractivity contribution in [2.45, 2.75) is 32.9 Å². The molecule has 0 aromatic carbocycles. The third-order valence-electron chi connectivity index (χ3n) is 3.19. The van der Waals surface area contributed by atoms with Crippen molar-refractivity contribution in [3.63, 3.8) is 0 Å². The van der Waals surface area contributed by atoms with Crippen molar-refractivity contribution in [2.24, 2.45) is 5.92 Å². The average Bonchev–Trinajstić information content (AvgIpc) is 2.70. The summed E-state index contributed by atoms with van der Waals surface area (Å²) >= 11 is 1.84. The molecule has 1 N–H and O–H groups in total. The molecule has 2 rings (SSSR count). The van der Waals surface area contributed by atoms with Gasteiger partial charge in [-0.25, -0.2) is 4.98 Å². The highest BCUT2D eigenvalue weighted by molar-refractivity contribution is 7.11. The minimum Gasteiger partial charge on any atom is -0.315 e. The van der Waals surface area contributed by atoms with Crippen LogP contribution >= 0.6 is 11.3 Å². The van der Waals surface area contributed by atoms with Crippen molar-refractivity contribution in [3.8, 4) is 0 Å². The molecule has 1 fully saturated rings. The molecule has 4 heteroatoms. The van der Waals surface area contributed by atoms with Gasteiger partial charge in [0, 0.05) is 17.6 Å². The Labute approximate surface area is 102 Å². The third kappa shape index (κ3) is 3.27. The molecule has 1 aliphatic rings. The molecule has 0 saturated carbocycles. The van der Waals surface area contributed by atoms with Crippen LogP contribution in [0.15, 0.2) is 6.20 Å². The van der Waals surface area contributed by atoms with Gasteiger partial charge in [0.2, 0.25) is 0 Å². The van der Waals surface area contributed by atoms with Crippen molar-refractivity contribution in [2.75, 3.05) is 20.1 Å². The van der Waals surface area contributed by atoms with Gasteiger partial charge in [-0.3, -0.25) is 4.90 Å². The van der Waals surface area contributed by atoms with Gasteiger partial charge in [0.1, 0.15) is 5.01 Å². The van der Waals surface area contributed by atoms with Gasteiger partial charge in [-0.05, 0) is 38.9 Å². The van der Waals surface area contributed by atoms with E-state index in [4.69, 9.17) is 0 Å². The second-order valence-corrected chi connectivity index (χ2v) is 5.91. The summed E-state index contributed by atoms with van der Waals surface area (Å²) in [5.74, 6) is 0.910. The standard InChI is InChI=1S/C12H21N3S/c1-10-3-5-15(6-4-10)9-12-14-8-11(16-12)7-13-2/h8,10,13H,3-7,9H2,1-2H3. The zero-order chi connectivity index (χ0) is 11.4. The number of likely N-dealkylation sites (tertiary alicyclic amines) is 1. The summed E-state index contributed by atoms with van der Waals surface area (Å²) < 4.78 is 0. The molecule has 0 bridgehead atoms. The Balaban J connectivity index is 1.83. The molecule has 0 radical (unpaired) electrons. The van der Waals surface area contributed by atoms with Gasteiger partial charge in [-0.15, -0.1) is 11.3 Å². The first-order valence-electron chi connectivity index (χ1n) is 6.08. The molecule has 1 aliphatic heterocycles. The molecule has 1 aromatic heterocycles. The number of piperidine rings is 1. The van der Waals surface area contributed by atoms with E-state index in [2.05, 4.69) is 22.1 Å². The normalized spacial score (nSPS) is 19.1. The zero-order valence-electron chi connectivity index (χ0n) is 10.2. The number of nitrogens with one attached hydrogen (secondary N) is 1. The fraction of sp³-hybridized carbons (Fsp3) is 0.750. The minimum absolute atomic E-state index is 0.910. The van der Waals surface area contributed by atoms with E-state index in [9.17, 15) is 0 Å². The molecule has 1 saturated heterocycles. The summed E-state index contributed by atoms with van der Waals surface area (Å²) in [5.41, 5.74) is 0. The van der Waals surface area contributed by atoms with E-state index in [1.165, 1.54) is 35.8 Å². The summed E-state index contributed by atoms with van der Waals surface area (Å²) in [4.78, 5) is 8.35. The number of rotatable bonds is 4. The lowest BCUT2D eigenvalue weighted by Gasteiger charge is -2.29. The van der Waals surface area contributed by atoms with E-state index in [0.717, 1.165) is 19.0 Å². The number of thiazole rings is 1. The highest BCUT2D eigenvalue weighted by Gasteiger charge is 2.16. The van der Waals surface area contributed by atoms with Crippen molar-refractivity contribution >= 4 is 11.3 Å². The first-order valence-corrected chi connectivity index (χ1v) is 6.90. The molecule has 1 aromatic rings. The highest BCUT2D eigenvalue weighted by atomic mass is 32.1. The maximum absolute atomic E-state index is 4.48. The van der Waals surface area contributed by atoms with Gasteiger partial charge in [0.15, 0.2) is 0 Å². The zero-order valence-corrected chi connectivity index (χ0v) is 11.0. The quantitative estimate of drug-likeness (QED) is 0.872. The van der Waals surface area contributed by atoms with Gasteiger partial charge < -0.3 is 5.32 Å². The Hall–Kier alpha value is -0.450. The number of nitrogens with zero attached hydrogens (tertiary/aromatic N) is 2. The van der Waals surface area contributed by atoms with Gasteiger partial charge in [-0.2, -0.15) is 0 Å². The van der Waals surface area contributed by atoms with Gasteiger partial charge in [0.25, 0.3) is 0 Å². The Morgan fingerprint density at radius 3 is 2.94 bits per heavy atom. The Kier molecular flexibility index (Phi) is 4.32. The first kappa shape index (κ1) is 12.0. The number of hydrogen-bond acceptors (Lipinski definition) is 4. The van der Waals surface area contributed by atoms with Gasteiger partial charge >= 0.3 is 0 Å². The molecule has 0 unspecified atom stereocenters. The largest absolute Gasteiger partial charge is 0.315 e. The fourth-order valence-corrected chi connectivity index (χ4v) is 3.07. The van der Waals surface area contributed by atoms with E-state index in [1.807, 2.05) is 24.6 Å². The maximum atomic E-state index is 4.48. The first-order chi connectivity index (χ1) is 7.78. The molecule has 90 valence electrons. The van der Waals surface area contributed by atoms with Crippen molar-refractivity contribution in [1.82, 2.24) is 15.2 Å². The summed E-state index contributed by atoms with van der Waals surface area (Å²) in [6.07, 6.45) is 4.69. The van der Waals surface area contributed by atoms with E-state index < -0.39 is 0 Å². The van der Waals surface area contributed by atoms with E-state index in [-0.39, 0.29) is 0 Å². The average molecular weight is 239 g/mol. The smallest absolute Gasteiger partial charge is 0.107 e. The molecular weight excluding hydrogens is 218 g/mol. The van der Waals surface area contributed by atoms with Crippen LogP contribution in [0.3, 0.4) is 0 Å². The molecular formula is C12H21N3S. The lowest BCUT2D eigenvalue weighted by molar-refractivity contribution is 0.185. The Morgan fingerprint density at radius 1 is 1.50 bits per heavy atom. The third-order valence-corrected chi connectivity index (χ3v) is 4.17. The van der Waals surface area contributed by atoms with Crippen LogP contribution in [0.5, 0.6) is 0 Å². The van der Waals surface area contributed by atoms with Crippen LogP contribution < -0.4 is 5.32 Å². The monoisotopic (exact) mass is 239 g/mol. The van der Waals surface area contributed by atoms with E-state index >= 15 is 0 Å². The van der Waals surface area contributed by atoms with Crippen molar-refractivity contribution < 1.29 is 0 Å². The Morgan fingerprint density at radius 2 is 2.25 bits per heavy atom. The van der Waals surface area contributed by atoms with E-state index in [1.54, 1.807) is 0 Å². The van der Waals surface area contributed by atoms with Gasteiger partial charge in [0.05, 0.1) is 6.54 Å². The molecule has 2 heterocycles. The van der Waals surface area contributed by atoms with Crippen LogP contribution in [0.2, 0.25) is 0 Å². The Bertz CT molecular complexity index is 316. The van der Waals surface area contributed by atoms with Crippen molar-refractivity contribution in [1.29, 1.82) is 0 Å². The molecule has 3 nitrogen and oxygen atoms in total. The molecule has 0 amide bonds. The molecule has 0 spiro atoms. The summed E-state index contributed by atoms with van der Waals surface area (Å²) in [7, 11) is 1.98. The van der Waals surface area contributed by atoms with Crippen LogP contribution in [0.4, 0.5) is 0 Å². The maximum Gasteiger partial charge on any atom is 0.107 e. The molecule has 16 heavy (non-hydrogen) atoms. The van der Waals surface area contributed by atoms with Crippen LogP contribution in [0.1, 0.15) is 29.7 Å². The van der Waals surface area contributed by atoms with E-state index in [0.29, 0.717) is 0 Å². The summed E-state index contributed by atoms with van der Waals surface area (Å²) in [6, 6.07) is 0. The topological polar surface area (TPSA) is 28.2 Å². The lowest BCUT2D eigenvalue weighted by atomic mass is 9.99. The number of aromatic nitrogens is 1. The summed E-state index contributed by atoms with van der Waals surface area (Å²) in [5, 5.41) is 4.43. The highest BCUT2D eigenvalue weighted by Crippen LogP contribution is 2.20. The molecule has 0 atom stereocenters. The van der Waals surface area contributed by atoms with Crippen LogP contribution in [0.25, 0.3) is 0 Å². The minimum atomic E-state index is 0.910. The lowest BCUT2D eigenvalue weighted by Crippen LogP contribution is -2.32. The van der Waals surface area contributed by atoms with Gasteiger partial charge in [-0.1, -0.05) is 6.92 Å². The van der Waals surface area contributed by atoms with Crippen LogP contribution in [-0.4, -0.2) is 30.0 Å². The predicted molar refractivity (Wildman–Crippen MR) is 68.6 cm³/mol. The molecule has 0 aliphatic carbocycles. The van der Waals surface area contributed by atoms with Crippen LogP contribution in [-0.2, 0) is 13.1 Å². The predicted octanol–water partition coefficient (Wildman–Crippen LogP) is 2.09.